The summed E-state index contributed by atoms with van der Waals surface area (Å²) in [6.07, 6.45) is 3.70. The maximum absolute atomic E-state index is 13.5. The third kappa shape index (κ3) is 4.06. The van der Waals surface area contributed by atoms with Gasteiger partial charge in [0.15, 0.2) is 17.1 Å². The summed E-state index contributed by atoms with van der Waals surface area (Å²) in [5.74, 6) is 1.29. The van der Waals surface area contributed by atoms with Gasteiger partial charge in [0.2, 0.25) is 5.95 Å². The lowest BCUT2D eigenvalue weighted by Crippen LogP contribution is -2.24. The SMILES string of the molecule is CNc1cn2ncc(Oc3cnc4nc(Nc5cc(C(F)(F)F)cn(C6CC6)c5=O)n(C)c4c3Cl)c2cn1. The highest BCUT2D eigenvalue weighted by molar-refractivity contribution is 6.36. The fraction of sp³-hybridized carbons (Fsp3) is 0.261. The standard InChI is InChI=1S/C23H19ClF3N9O2/c1-28-17-10-36-14(6-29-17)15(8-31-36)38-16-7-30-20-19(18(16)24)34(2)22(33-20)32-13-5-11(23(25,26)27)9-35(21(13)37)12-3-4-12/h5-10,12,28H,3-4H2,1-2H3,(H,30,32,33). The number of rotatable bonds is 6. The Bertz CT molecular complexity index is 1770. The zero-order chi connectivity index (χ0) is 26.8. The number of pyridine rings is 2. The van der Waals surface area contributed by atoms with Crippen molar-refractivity contribution in [1.29, 1.82) is 0 Å². The molecule has 6 rings (SSSR count). The molecule has 0 spiro atoms. The molecule has 0 atom stereocenters. The lowest BCUT2D eigenvalue weighted by Gasteiger charge is -2.14. The van der Waals surface area contributed by atoms with Crippen molar-refractivity contribution in [1.82, 2.24) is 33.7 Å². The van der Waals surface area contributed by atoms with Gasteiger partial charge in [-0.15, -0.1) is 0 Å². The summed E-state index contributed by atoms with van der Waals surface area (Å²) >= 11 is 6.65. The van der Waals surface area contributed by atoms with Gasteiger partial charge in [-0.25, -0.2) is 14.5 Å². The normalized spacial score (nSPS) is 13.8. The predicted molar refractivity (Wildman–Crippen MR) is 133 cm³/mol. The number of hydrogen-bond donors (Lipinski definition) is 2. The zero-order valence-electron chi connectivity index (χ0n) is 19.9. The van der Waals surface area contributed by atoms with E-state index in [9.17, 15) is 18.0 Å². The van der Waals surface area contributed by atoms with Crippen molar-refractivity contribution in [3.8, 4) is 11.5 Å². The third-order valence-corrected chi connectivity index (χ3v) is 6.57. The average Bonchev–Trinajstić information content (AvgIpc) is 3.58. The average molecular weight is 546 g/mol. The van der Waals surface area contributed by atoms with Crippen LogP contribution in [0.5, 0.6) is 11.5 Å². The molecule has 1 aliphatic rings. The summed E-state index contributed by atoms with van der Waals surface area (Å²) < 4.78 is 50.7. The van der Waals surface area contributed by atoms with Gasteiger partial charge in [0.1, 0.15) is 27.6 Å². The fourth-order valence-electron chi connectivity index (χ4n) is 4.07. The summed E-state index contributed by atoms with van der Waals surface area (Å²) in [5.41, 5.74) is -0.600. The van der Waals surface area contributed by atoms with Crippen molar-refractivity contribution >= 4 is 45.7 Å². The quantitative estimate of drug-likeness (QED) is 0.314. The molecule has 1 aliphatic carbocycles. The van der Waals surface area contributed by atoms with Crippen LogP contribution in [0.15, 0.2) is 41.8 Å². The van der Waals surface area contributed by atoms with Crippen LogP contribution in [0.2, 0.25) is 5.02 Å². The van der Waals surface area contributed by atoms with Crippen molar-refractivity contribution < 1.29 is 17.9 Å². The molecule has 0 radical (unpaired) electrons. The first kappa shape index (κ1) is 24.0. The second-order valence-electron chi connectivity index (χ2n) is 8.78. The summed E-state index contributed by atoms with van der Waals surface area (Å²) in [4.78, 5) is 25.8. The van der Waals surface area contributed by atoms with Crippen molar-refractivity contribution in [3.05, 3.63) is 58.0 Å². The molecule has 196 valence electrons. The van der Waals surface area contributed by atoms with Crippen LogP contribution in [0.3, 0.4) is 0 Å². The van der Waals surface area contributed by atoms with Crippen molar-refractivity contribution in [3.63, 3.8) is 0 Å². The molecule has 0 amide bonds. The summed E-state index contributed by atoms with van der Waals surface area (Å²) in [6, 6.07) is 0.532. The number of anilines is 3. The Morgan fingerprint density at radius 3 is 2.63 bits per heavy atom. The molecule has 15 heteroatoms. The molecule has 5 aromatic rings. The molecule has 1 fully saturated rings. The van der Waals surface area contributed by atoms with Gasteiger partial charge in [0, 0.05) is 26.3 Å². The van der Waals surface area contributed by atoms with Crippen LogP contribution < -0.4 is 20.9 Å². The highest BCUT2D eigenvalue weighted by Crippen LogP contribution is 2.38. The fourth-order valence-corrected chi connectivity index (χ4v) is 4.37. The van der Waals surface area contributed by atoms with Gasteiger partial charge in [-0.3, -0.25) is 4.79 Å². The Morgan fingerprint density at radius 1 is 1.13 bits per heavy atom. The van der Waals surface area contributed by atoms with Gasteiger partial charge < -0.3 is 24.5 Å². The van der Waals surface area contributed by atoms with Crippen LogP contribution in [0.1, 0.15) is 24.4 Å². The highest BCUT2D eigenvalue weighted by Gasteiger charge is 2.35. The van der Waals surface area contributed by atoms with Crippen LogP contribution >= 0.6 is 11.6 Å². The Balaban J connectivity index is 1.37. The smallest absolute Gasteiger partial charge is 0.417 e. The maximum Gasteiger partial charge on any atom is 0.417 e. The summed E-state index contributed by atoms with van der Waals surface area (Å²) in [5, 5.41) is 10.1. The minimum atomic E-state index is -4.62. The van der Waals surface area contributed by atoms with Gasteiger partial charge in [-0.05, 0) is 18.9 Å². The van der Waals surface area contributed by atoms with E-state index in [0.717, 1.165) is 16.8 Å². The van der Waals surface area contributed by atoms with Crippen molar-refractivity contribution in [2.45, 2.75) is 25.1 Å². The van der Waals surface area contributed by atoms with Crippen LogP contribution in [-0.4, -0.2) is 40.7 Å². The molecule has 2 N–H and O–H groups in total. The van der Waals surface area contributed by atoms with Gasteiger partial charge in [0.05, 0.1) is 30.4 Å². The number of imidazole rings is 1. The largest absolute Gasteiger partial charge is 0.450 e. The number of nitrogens with zero attached hydrogens (tertiary/aromatic N) is 7. The number of halogens is 4. The third-order valence-electron chi connectivity index (χ3n) is 6.21. The molecule has 38 heavy (non-hydrogen) atoms. The molecule has 5 heterocycles. The molecular weight excluding hydrogens is 527 g/mol. The van der Waals surface area contributed by atoms with Gasteiger partial charge in [-0.1, -0.05) is 11.6 Å². The van der Waals surface area contributed by atoms with Gasteiger partial charge in [-0.2, -0.15) is 23.3 Å². The number of aryl methyl sites for hydroxylation is 1. The zero-order valence-corrected chi connectivity index (χ0v) is 20.7. The maximum atomic E-state index is 13.5. The lowest BCUT2D eigenvalue weighted by molar-refractivity contribution is -0.138. The Morgan fingerprint density at radius 2 is 1.92 bits per heavy atom. The second kappa shape index (κ2) is 8.62. The number of alkyl halides is 3. The van der Waals surface area contributed by atoms with E-state index in [-0.39, 0.29) is 34.1 Å². The van der Waals surface area contributed by atoms with Crippen LogP contribution in [-0.2, 0) is 13.2 Å². The number of aromatic nitrogens is 7. The molecule has 0 unspecified atom stereocenters. The second-order valence-corrected chi connectivity index (χ2v) is 9.15. The molecule has 11 nitrogen and oxygen atoms in total. The molecule has 0 saturated heterocycles. The summed E-state index contributed by atoms with van der Waals surface area (Å²) in [7, 11) is 3.34. The highest BCUT2D eigenvalue weighted by atomic mass is 35.5. The molecule has 1 saturated carbocycles. The molecule has 0 aromatic carbocycles. The summed E-state index contributed by atoms with van der Waals surface area (Å²) in [6.45, 7) is 0. The monoisotopic (exact) mass is 545 g/mol. The van der Waals surface area contributed by atoms with E-state index < -0.39 is 17.3 Å². The van der Waals surface area contributed by atoms with Crippen molar-refractivity contribution in [2.24, 2.45) is 7.05 Å². The topological polar surface area (TPSA) is 116 Å². The van der Waals surface area contributed by atoms with E-state index in [0.29, 0.717) is 35.4 Å². The molecular formula is C23H19ClF3N9O2. The predicted octanol–water partition coefficient (Wildman–Crippen LogP) is 4.76. The van der Waals surface area contributed by atoms with E-state index in [4.69, 9.17) is 16.3 Å². The molecule has 0 aliphatic heterocycles. The first-order valence-electron chi connectivity index (χ1n) is 11.4. The molecule has 0 bridgehead atoms. The minimum Gasteiger partial charge on any atom is -0.450 e. The van der Waals surface area contributed by atoms with Crippen molar-refractivity contribution in [2.75, 3.05) is 17.7 Å². The Labute approximate surface area is 216 Å². The van der Waals surface area contributed by atoms with E-state index in [2.05, 4.69) is 30.7 Å². The number of ether oxygens (including phenoxy) is 1. The first-order valence-corrected chi connectivity index (χ1v) is 11.8. The minimum absolute atomic E-state index is 0.0881. The lowest BCUT2D eigenvalue weighted by atomic mass is 10.2. The first-order chi connectivity index (χ1) is 18.1. The number of hydrogen-bond acceptors (Lipinski definition) is 8. The van der Waals surface area contributed by atoms with E-state index in [1.165, 1.54) is 17.0 Å². The Hall–Kier alpha value is -4.33. The van der Waals surface area contributed by atoms with E-state index in [1.54, 1.807) is 31.0 Å². The van der Waals surface area contributed by atoms with Gasteiger partial charge >= 0.3 is 6.18 Å². The van der Waals surface area contributed by atoms with E-state index in [1.807, 2.05) is 0 Å². The number of fused-ring (bicyclic) bond motifs is 2. The van der Waals surface area contributed by atoms with Crippen LogP contribution in [0, 0.1) is 0 Å². The Kier molecular flexibility index (Phi) is 5.45. The van der Waals surface area contributed by atoms with E-state index >= 15 is 0 Å². The van der Waals surface area contributed by atoms with Gasteiger partial charge in [0.25, 0.3) is 5.56 Å². The van der Waals surface area contributed by atoms with Crippen LogP contribution in [0.25, 0.3) is 16.7 Å². The van der Waals surface area contributed by atoms with Crippen LogP contribution in [0.4, 0.5) is 30.6 Å². The number of nitrogens with one attached hydrogen (secondary N) is 2. The molecule has 5 aromatic heterocycles.